The van der Waals surface area contributed by atoms with Crippen LogP contribution in [-0.4, -0.2) is 15.0 Å². The zero-order valence-corrected chi connectivity index (χ0v) is 14.6. The van der Waals surface area contributed by atoms with Crippen LogP contribution in [-0.2, 0) is 5.75 Å². The lowest BCUT2D eigenvalue weighted by atomic mass is 10.2. The van der Waals surface area contributed by atoms with Crippen molar-refractivity contribution in [3.05, 3.63) is 65.6 Å². The second-order valence-corrected chi connectivity index (χ2v) is 7.42. The summed E-state index contributed by atoms with van der Waals surface area (Å²) in [6.45, 7) is 0. The monoisotopic (exact) mass is 368 g/mol. The normalized spacial score (nSPS) is 11.1. The highest BCUT2D eigenvalue weighted by Gasteiger charge is 2.09. The van der Waals surface area contributed by atoms with Crippen LogP contribution in [0.15, 0.2) is 58.3 Å². The summed E-state index contributed by atoms with van der Waals surface area (Å²) in [5, 5.41) is 2.83. The molecule has 4 nitrogen and oxygen atoms in total. The Labute approximate surface area is 152 Å². The zero-order chi connectivity index (χ0) is 17.2. The number of anilines is 1. The van der Waals surface area contributed by atoms with Crippen LogP contribution in [0.1, 0.15) is 5.82 Å². The van der Waals surface area contributed by atoms with Crippen LogP contribution in [0.4, 0.5) is 10.2 Å². The van der Waals surface area contributed by atoms with Crippen molar-refractivity contribution in [3.63, 3.8) is 0 Å². The summed E-state index contributed by atoms with van der Waals surface area (Å²) in [5.41, 5.74) is 8.60. The lowest BCUT2D eigenvalue weighted by molar-refractivity contribution is 0.628. The fourth-order valence-electron chi connectivity index (χ4n) is 2.42. The molecule has 0 aliphatic heterocycles. The van der Waals surface area contributed by atoms with E-state index in [0.717, 1.165) is 26.5 Å². The molecule has 0 saturated heterocycles. The van der Waals surface area contributed by atoms with Gasteiger partial charge in [-0.2, -0.15) is 0 Å². The van der Waals surface area contributed by atoms with Crippen LogP contribution < -0.4 is 5.73 Å². The predicted octanol–water partition coefficient (Wildman–Crippen LogP) is 4.77. The number of nitrogens with zero attached hydrogens (tertiary/aromatic N) is 3. The highest BCUT2D eigenvalue weighted by molar-refractivity contribution is 8.00. The number of thioether (sulfide) groups is 1. The minimum Gasteiger partial charge on any atom is -0.383 e. The summed E-state index contributed by atoms with van der Waals surface area (Å²) in [5.74, 6) is 1.51. The summed E-state index contributed by atoms with van der Waals surface area (Å²) in [4.78, 5) is 13.5. The molecule has 0 bridgehead atoms. The summed E-state index contributed by atoms with van der Waals surface area (Å²) in [6, 6.07) is 14.0. The van der Waals surface area contributed by atoms with E-state index < -0.39 is 0 Å². The first-order valence-corrected chi connectivity index (χ1v) is 9.41. The molecule has 0 radical (unpaired) electrons. The molecule has 0 aliphatic carbocycles. The van der Waals surface area contributed by atoms with E-state index in [1.165, 1.54) is 12.1 Å². The second kappa shape index (κ2) is 6.78. The van der Waals surface area contributed by atoms with Crippen LogP contribution in [0.25, 0.3) is 22.2 Å². The molecule has 0 spiro atoms. The fraction of sp³-hybridized carbons (Fsp3) is 0.0556. The van der Waals surface area contributed by atoms with Crippen molar-refractivity contribution in [1.82, 2.24) is 15.0 Å². The number of halogens is 1. The SMILES string of the molecule is Nc1nc(CSc2nc(-c3ccc(F)cc3)cs2)nc2ccccc12. The fourth-order valence-corrected chi connectivity index (χ4v) is 4.11. The van der Waals surface area contributed by atoms with Gasteiger partial charge in [0, 0.05) is 16.3 Å². The Morgan fingerprint density at radius 2 is 1.80 bits per heavy atom. The van der Waals surface area contributed by atoms with Gasteiger partial charge in [0.2, 0.25) is 0 Å². The first kappa shape index (κ1) is 16.0. The Balaban J connectivity index is 1.51. The molecule has 2 aromatic carbocycles. The maximum absolute atomic E-state index is 13.0. The molecule has 0 atom stereocenters. The lowest BCUT2D eigenvalue weighted by Crippen LogP contribution is -1.99. The molecule has 0 unspecified atom stereocenters. The molecule has 0 saturated carbocycles. The van der Waals surface area contributed by atoms with Gasteiger partial charge in [-0.05, 0) is 36.4 Å². The Bertz CT molecular complexity index is 1030. The van der Waals surface area contributed by atoms with Crippen LogP contribution in [0.2, 0.25) is 0 Å². The first-order chi connectivity index (χ1) is 12.2. The summed E-state index contributed by atoms with van der Waals surface area (Å²) >= 11 is 3.11. The van der Waals surface area contributed by atoms with Gasteiger partial charge in [-0.3, -0.25) is 0 Å². The average Bonchev–Trinajstić information content (AvgIpc) is 3.10. The van der Waals surface area contributed by atoms with E-state index in [0.29, 0.717) is 17.4 Å². The van der Waals surface area contributed by atoms with Crippen molar-refractivity contribution >= 4 is 39.8 Å². The largest absolute Gasteiger partial charge is 0.383 e. The summed E-state index contributed by atoms with van der Waals surface area (Å²) in [7, 11) is 0. The van der Waals surface area contributed by atoms with Gasteiger partial charge in [0.15, 0.2) is 4.34 Å². The smallest absolute Gasteiger partial charge is 0.150 e. The lowest BCUT2D eigenvalue weighted by Gasteiger charge is -2.04. The molecule has 0 amide bonds. The molecule has 4 aromatic rings. The van der Waals surface area contributed by atoms with E-state index in [1.54, 1.807) is 35.2 Å². The Hall–Kier alpha value is -2.51. The number of aromatic nitrogens is 3. The standard InChI is InChI=1S/C18H13FN4S2/c19-12-7-5-11(6-8-12)15-9-24-18(22-15)25-10-16-21-14-4-2-1-3-13(14)17(20)23-16/h1-9H,10H2,(H2,20,21,23). The number of rotatable bonds is 4. The second-order valence-electron chi connectivity index (χ2n) is 5.34. The number of hydrogen-bond acceptors (Lipinski definition) is 6. The van der Waals surface area contributed by atoms with Gasteiger partial charge in [0.1, 0.15) is 17.5 Å². The minimum atomic E-state index is -0.250. The quantitative estimate of drug-likeness (QED) is 0.526. The maximum atomic E-state index is 13.0. The highest BCUT2D eigenvalue weighted by Crippen LogP contribution is 2.30. The molecule has 2 N–H and O–H groups in total. The van der Waals surface area contributed by atoms with E-state index >= 15 is 0 Å². The van der Waals surface area contributed by atoms with Crippen molar-refractivity contribution in [1.29, 1.82) is 0 Å². The number of nitrogens with two attached hydrogens (primary N) is 1. The number of nitrogen functional groups attached to an aromatic ring is 1. The van der Waals surface area contributed by atoms with E-state index in [-0.39, 0.29) is 5.82 Å². The van der Waals surface area contributed by atoms with Crippen LogP contribution >= 0.6 is 23.1 Å². The summed E-state index contributed by atoms with van der Waals surface area (Å²) in [6.07, 6.45) is 0. The third kappa shape index (κ3) is 3.47. The van der Waals surface area contributed by atoms with E-state index in [4.69, 9.17) is 5.73 Å². The molecular weight excluding hydrogens is 355 g/mol. The van der Waals surface area contributed by atoms with E-state index in [2.05, 4.69) is 15.0 Å². The molecule has 0 fully saturated rings. The Kier molecular flexibility index (Phi) is 4.33. The van der Waals surface area contributed by atoms with Crippen molar-refractivity contribution in [2.24, 2.45) is 0 Å². The number of benzene rings is 2. The first-order valence-electron chi connectivity index (χ1n) is 7.54. The van der Waals surface area contributed by atoms with Crippen molar-refractivity contribution in [3.8, 4) is 11.3 Å². The van der Waals surface area contributed by atoms with Gasteiger partial charge in [-0.15, -0.1) is 11.3 Å². The molecule has 124 valence electrons. The van der Waals surface area contributed by atoms with E-state index in [1.807, 2.05) is 29.6 Å². The molecule has 2 heterocycles. The van der Waals surface area contributed by atoms with Crippen LogP contribution in [0.5, 0.6) is 0 Å². The molecule has 25 heavy (non-hydrogen) atoms. The Morgan fingerprint density at radius 3 is 2.64 bits per heavy atom. The maximum Gasteiger partial charge on any atom is 0.150 e. The summed E-state index contributed by atoms with van der Waals surface area (Å²) < 4.78 is 13.9. The van der Waals surface area contributed by atoms with Gasteiger partial charge in [-0.25, -0.2) is 19.3 Å². The van der Waals surface area contributed by atoms with Crippen molar-refractivity contribution < 1.29 is 4.39 Å². The molecular formula is C18H13FN4S2. The number of fused-ring (bicyclic) bond motifs is 1. The predicted molar refractivity (Wildman–Crippen MR) is 101 cm³/mol. The third-order valence-electron chi connectivity index (χ3n) is 3.63. The third-order valence-corrected chi connectivity index (χ3v) is 5.64. The molecule has 2 aromatic heterocycles. The van der Waals surface area contributed by atoms with Crippen molar-refractivity contribution in [2.45, 2.75) is 10.1 Å². The van der Waals surface area contributed by atoms with E-state index in [9.17, 15) is 4.39 Å². The van der Waals surface area contributed by atoms with Crippen LogP contribution in [0, 0.1) is 5.82 Å². The number of thiazole rings is 1. The Morgan fingerprint density at radius 1 is 1.00 bits per heavy atom. The molecule has 4 rings (SSSR count). The molecule has 0 aliphatic rings. The van der Waals surface area contributed by atoms with Gasteiger partial charge in [-0.1, -0.05) is 23.9 Å². The van der Waals surface area contributed by atoms with Crippen LogP contribution in [0.3, 0.4) is 0 Å². The topological polar surface area (TPSA) is 64.7 Å². The van der Waals surface area contributed by atoms with Gasteiger partial charge in [0.05, 0.1) is 17.0 Å². The minimum absolute atomic E-state index is 0.250. The van der Waals surface area contributed by atoms with Crippen molar-refractivity contribution in [2.75, 3.05) is 5.73 Å². The molecule has 7 heteroatoms. The highest BCUT2D eigenvalue weighted by atomic mass is 32.2. The number of hydrogen-bond donors (Lipinski definition) is 1. The van der Waals surface area contributed by atoms with Gasteiger partial charge >= 0.3 is 0 Å². The zero-order valence-electron chi connectivity index (χ0n) is 13.0. The van der Waals surface area contributed by atoms with Gasteiger partial charge in [0.25, 0.3) is 0 Å². The van der Waals surface area contributed by atoms with Gasteiger partial charge < -0.3 is 5.73 Å². The average molecular weight is 368 g/mol. The number of para-hydroxylation sites is 1.